The summed E-state index contributed by atoms with van der Waals surface area (Å²) in [5.41, 5.74) is 1.07. The van der Waals surface area contributed by atoms with Gasteiger partial charge >= 0.3 is 5.97 Å². The maximum absolute atomic E-state index is 11.2. The number of ether oxygens (including phenoxy) is 1. The van der Waals surface area contributed by atoms with Crippen molar-refractivity contribution in [3.05, 3.63) is 35.9 Å². The van der Waals surface area contributed by atoms with Crippen molar-refractivity contribution in [2.24, 2.45) is 0 Å². The molecule has 0 radical (unpaired) electrons. The summed E-state index contributed by atoms with van der Waals surface area (Å²) in [5, 5.41) is 8.93. The largest absolute Gasteiger partial charge is 0.469 e. The third kappa shape index (κ3) is 3.72. The Kier molecular flexibility index (Phi) is 4.84. The summed E-state index contributed by atoms with van der Waals surface area (Å²) in [4.78, 5) is 11.2. The van der Waals surface area contributed by atoms with Crippen LogP contribution in [0.25, 0.3) is 0 Å². The van der Waals surface area contributed by atoms with E-state index in [1.807, 2.05) is 30.3 Å². The zero-order chi connectivity index (χ0) is 11.1. The highest BCUT2D eigenvalue weighted by Crippen LogP contribution is 2.23. The molecule has 0 saturated carbocycles. The maximum atomic E-state index is 11.2. The van der Waals surface area contributed by atoms with Gasteiger partial charge in [0.15, 0.2) is 0 Å². The lowest BCUT2D eigenvalue weighted by atomic mass is 9.93. The van der Waals surface area contributed by atoms with Crippen LogP contribution >= 0.6 is 0 Å². The van der Waals surface area contributed by atoms with E-state index in [1.54, 1.807) is 0 Å². The number of aliphatic hydroxyl groups is 1. The first-order chi connectivity index (χ1) is 7.27. The second-order valence-electron chi connectivity index (χ2n) is 3.40. The highest BCUT2D eigenvalue weighted by Gasteiger charge is 2.15. The summed E-state index contributed by atoms with van der Waals surface area (Å²) in [7, 11) is 1.38. The summed E-state index contributed by atoms with van der Waals surface area (Å²) in [5.74, 6) is -0.194. The lowest BCUT2D eigenvalue weighted by Gasteiger charge is -2.14. The van der Waals surface area contributed by atoms with E-state index in [0.29, 0.717) is 12.8 Å². The van der Waals surface area contributed by atoms with Gasteiger partial charge in [0.1, 0.15) is 0 Å². The van der Waals surface area contributed by atoms with Gasteiger partial charge in [-0.05, 0) is 17.9 Å². The monoisotopic (exact) mass is 208 g/mol. The molecule has 82 valence electrons. The molecule has 0 unspecified atom stereocenters. The molecule has 0 aliphatic heterocycles. The van der Waals surface area contributed by atoms with Gasteiger partial charge in [-0.25, -0.2) is 0 Å². The molecule has 1 N–H and O–H groups in total. The molecule has 3 nitrogen and oxygen atoms in total. The minimum Gasteiger partial charge on any atom is -0.469 e. The van der Waals surface area contributed by atoms with Crippen molar-refractivity contribution < 1.29 is 14.6 Å². The van der Waals surface area contributed by atoms with Crippen molar-refractivity contribution in [3.63, 3.8) is 0 Å². The zero-order valence-electron chi connectivity index (χ0n) is 8.85. The van der Waals surface area contributed by atoms with E-state index >= 15 is 0 Å². The van der Waals surface area contributed by atoms with Gasteiger partial charge in [0, 0.05) is 6.61 Å². The topological polar surface area (TPSA) is 46.5 Å². The Bertz CT molecular complexity index is 295. The number of aliphatic hydroxyl groups excluding tert-OH is 1. The smallest absolute Gasteiger partial charge is 0.306 e. The van der Waals surface area contributed by atoms with E-state index in [0.717, 1.165) is 5.56 Å². The third-order valence-corrected chi connectivity index (χ3v) is 2.39. The molecule has 0 saturated heterocycles. The molecule has 0 aliphatic carbocycles. The van der Waals surface area contributed by atoms with Gasteiger partial charge in [0.25, 0.3) is 0 Å². The Hall–Kier alpha value is -1.35. The number of carbonyl (C=O) groups excluding carboxylic acids is 1. The average Bonchev–Trinajstić information content (AvgIpc) is 2.29. The summed E-state index contributed by atoms with van der Waals surface area (Å²) in [6.07, 6.45) is 0.903. The Balaban J connectivity index is 2.70. The lowest BCUT2D eigenvalue weighted by Crippen LogP contribution is -2.10. The summed E-state index contributed by atoms with van der Waals surface area (Å²) >= 11 is 0. The first-order valence-corrected chi connectivity index (χ1v) is 5.00. The molecular formula is C12H16O3. The van der Waals surface area contributed by atoms with Crippen LogP contribution in [-0.2, 0) is 9.53 Å². The van der Waals surface area contributed by atoms with Crippen LogP contribution in [0.3, 0.4) is 0 Å². The van der Waals surface area contributed by atoms with Crippen molar-refractivity contribution >= 4 is 5.97 Å². The predicted molar refractivity (Wildman–Crippen MR) is 57.5 cm³/mol. The van der Waals surface area contributed by atoms with Crippen LogP contribution in [0.2, 0.25) is 0 Å². The molecule has 15 heavy (non-hydrogen) atoms. The summed E-state index contributed by atoms with van der Waals surface area (Å²) in [6, 6.07) is 9.71. The molecule has 1 aromatic rings. The van der Waals surface area contributed by atoms with Crippen molar-refractivity contribution in [3.8, 4) is 0 Å². The molecule has 3 heteroatoms. The van der Waals surface area contributed by atoms with Crippen LogP contribution < -0.4 is 0 Å². The molecule has 1 rings (SSSR count). The maximum Gasteiger partial charge on any atom is 0.306 e. The average molecular weight is 208 g/mol. The van der Waals surface area contributed by atoms with Crippen molar-refractivity contribution in [2.75, 3.05) is 13.7 Å². The fourth-order valence-electron chi connectivity index (χ4n) is 1.55. The van der Waals surface area contributed by atoms with E-state index < -0.39 is 0 Å². The van der Waals surface area contributed by atoms with Crippen LogP contribution in [0.4, 0.5) is 0 Å². The van der Waals surface area contributed by atoms with E-state index in [2.05, 4.69) is 4.74 Å². The summed E-state index contributed by atoms with van der Waals surface area (Å²) < 4.78 is 4.63. The number of methoxy groups -OCH3 is 1. The van der Waals surface area contributed by atoms with Crippen LogP contribution in [0.5, 0.6) is 0 Å². The van der Waals surface area contributed by atoms with Crippen molar-refractivity contribution in [1.82, 2.24) is 0 Å². The molecule has 1 atom stereocenters. The van der Waals surface area contributed by atoms with Crippen molar-refractivity contribution in [1.29, 1.82) is 0 Å². The number of hydrogen-bond donors (Lipinski definition) is 1. The van der Waals surface area contributed by atoms with Gasteiger partial charge in [-0.3, -0.25) is 4.79 Å². The zero-order valence-corrected chi connectivity index (χ0v) is 8.85. The number of benzene rings is 1. The second kappa shape index (κ2) is 6.19. The standard InChI is InChI=1S/C12H16O3/c1-15-12(14)9-11(7-8-13)10-5-3-2-4-6-10/h2-6,11,13H,7-9H2,1H3/t11-/m0/s1. The van der Waals surface area contributed by atoms with Crippen LogP contribution in [0.1, 0.15) is 24.3 Å². The van der Waals surface area contributed by atoms with Gasteiger partial charge in [-0.1, -0.05) is 30.3 Å². The molecular weight excluding hydrogens is 192 g/mol. The Labute approximate surface area is 89.7 Å². The van der Waals surface area contributed by atoms with Gasteiger partial charge < -0.3 is 9.84 Å². The Morgan fingerprint density at radius 3 is 2.60 bits per heavy atom. The second-order valence-corrected chi connectivity index (χ2v) is 3.40. The van der Waals surface area contributed by atoms with E-state index in [9.17, 15) is 4.79 Å². The normalized spacial score (nSPS) is 12.1. The van der Waals surface area contributed by atoms with E-state index in [4.69, 9.17) is 5.11 Å². The molecule has 0 spiro atoms. The number of esters is 1. The van der Waals surface area contributed by atoms with E-state index in [-0.39, 0.29) is 18.5 Å². The number of carbonyl (C=O) groups is 1. The predicted octanol–water partition coefficient (Wildman–Crippen LogP) is 1.72. The van der Waals surface area contributed by atoms with E-state index in [1.165, 1.54) is 7.11 Å². The minimum absolute atomic E-state index is 0.0450. The molecule has 0 heterocycles. The van der Waals surface area contributed by atoms with Gasteiger partial charge in [-0.2, -0.15) is 0 Å². The molecule has 1 aromatic carbocycles. The molecule has 0 aliphatic rings. The molecule has 0 amide bonds. The molecule has 0 fully saturated rings. The Morgan fingerprint density at radius 2 is 2.07 bits per heavy atom. The molecule has 0 bridgehead atoms. The minimum atomic E-state index is -0.239. The fourth-order valence-corrected chi connectivity index (χ4v) is 1.55. The molecule has 0 aromatic heterocycles. The van der Waals surface area contributed by atoms with Gasteiger partial charge in [-0.15, -0.1) is 0 Å². The van der Waals surface area contributed by atoms with Crippen LogP contribution in [0, 0.1) is 0 Å². The number of rotatable bonds is 5. The van der Waals surface area contributed by atoms with Crippen LogP contribution in [0.15, 0.2) is 30.3 Å². The van der Waals surface area contributed by atoms with Gasteiger partial charge in [0.2, 0.25) is 0 Å². The lowest BCUT2D eigenvalue weighted by molar-refractivity contribution is -0.141. The first kappa shape index (κ1) is 11.7. The van der Waals surface area contributed by atoms with Crippen molar-refractivity contribution in [2.45, 2.75) is 18.8 Å². The highest BCUT2D eigenvalue weighted by molar-refractivity contribution is 5.70. The Morgan fingerprint density at radius 1 is 1.40 bits per heavy atom. The van der Waals surface area contributed by atoms with Gasteiger partial charge in [0.05, 0.1) is 13.5 Å². The summed E-state index contributed by atoms with van der Waals surface area (Å²) in [6.45, 7) is 0.0799. The fraction of sp³-hybridized carbons (Fsp3) is 0.417. The first-order valence-electron chi connectivity index (χ1n) is 5.00. The highest BCUT2D eigenvalue weighted by atomic mass is 16.5. The SMILES string of the molecule is COC(=O)C[C@H](CCO)c1ccccc1. The van der Waals surface area contributed by atoms with Crippen LogP contribution in [-0.4, -0.2) is 24.8 Å². The quantitative estimate of drug-likeness (QED) is 0.749. The third-order valence-electron chi connectivity index (χ3n) is 2.39. The number of hydrogen-bond acceptors (Lipinski definition) is 3.